The van der Waals surface area contributed by atoms with Crippen LogP contribution in [0.3, 0.4) is 0 Å². The van der Waals surface area contributed by atoms with Gasteiger partial charge in [-0.25, -0.2) is 4.98 Å². The Kier molecular flexibility index (Phi) is 5.44. The van der Waals surface area contributed by atoms with Gasteiger partial charge in [-0.3, -0.25) is 14.2 Å². The summed E-state index contributed by atoms with van der Waals surface area (Å²) in [6.45, 7) is 4.34. The van der Waals surface area contributed by atoms with Crippen molar-refractivity contribution < 1.29 is 14.3 Å². The first-order chi connectivity index (χ1) is 14.0. The van der Waals surface area contributed by atoms with E-state index in [9.17, 15) is 9.59 Å². The van der Waals surface area contributed by atoms with Crippen molar-refractivity contribution in [2.75, 3.05) is 12.5 Å². The summed E-state index contributed by atoms with van der Waals surface area (Å²) in [5.74, 6) is 1.44. The molecule has 1 amide bonds. The Morgan fingerprint density at radius 3 is 2.83 bits per heavy atom. The van der Waals surface area contributed by atoms with Gasteiger partial charge in [0, 0.05) is 6.04 Å². The molecule has 150 valence electrons. The minimum absolute atomic E-state index is 0.0588. The van der Waals surface area contributed by atoms with E-state index in [2.05, 4.69) is 10.3 Å². The average Bonchev–Trinajstić information content (AvgIpc) is 3.16. The van der Waals surface area contributed by atoms with Crippen molar-refractivity contribution in [3.05, 3.63) is 58.4 Å². The molecule has 0 aliphatic carbocycles. The van der Waals surface area contributed by atoms with Gasteiger partial charge in [-0.05, 0) is 43.7 Å². The lowest BCUT2D eigenvalue weighted by molar-refractivity contribution is -0.119. The number of nitrogens with zero attached hydrogens (tertiary/aromatic N) is 2. The third-order valence-electron chi connectivity index (χ3n) is 4.39. The summed E-state index contributed by atoms with van der Waals surface area (Å²) < 4.78 is 12.4. The molecule has 1 N–H and O–H groups in total. The molecule has 0 fully saturated rings. The summed E-state index contributed by atoms with van der Waals surface area (Å²) in [5, 5.41) is 3.91. The Morgan fingerprint density at radius 2 is 2.00 bits per heavy atom. The molecule has 7 nitrogen and oxygen atoms in total. The maximum absolute atomic E-state index is 13.2. The van der Waals surface area contributed by atoms with Gasteiger partial charge in [-0.2, -0.15) is 0 Å². The van der Waals surface area contributed by atoms with E-state index < -0.39 is 0 Å². The average molecular weight is 411 g/mol. The molecule has 0 unspecified atom stereocenters. The number of hydrogen-bond donors (Lipinski definition) is 1. The number of carbonyl (C=O) groups is 1. The molecular weight excluding hydrogens is 390 g/mol. The second-order valence-corrected chi connectivity index (χ2v) is 7.94. The van der Waals surface area contributed by atoms with E-state index in [0.29, 0.717) is 34.1 Å². The number of benzene rings is 2. The number of ether oxygens (including phenoxy) is 2. The normalized spacial score (nSPS) is 12.5. The highest BCUT2D eigenvalue weighted by Crippen LogP contribution is 2.33. The van der Waals surface area contributed by atoms with Crippen LogP contribution in [0.5, 0.6) is 11.5 Å². The lowest BCUT2D eigenvalue weighted by Gasteiger charge is -2.14. The second-order valence-electron chi connectivity index (χ2n) is 7.00. The summed E-state index contributed by atoms with van der Waals surface area (Å²) in [6.07, 6.45) is 0. The van der Waals surface area contributed by atoms with Crippen molar-refractivity contribution >= 4 is 28.6 Å². The number of nitrogens with one attached hydrogen (secondary N) is 1. The number of aromatic nitrogens is 2. The van der Waals surface area contributed by atoms with Crippen molar-refractivity contribution in [1.82, 2.24) is 14.9 Å². The monoisotopic (exact) mass is 411 g/mol. The molecular formula is C21H21N3O4S. The van der Waals surface area contributed by atoms with Crippen LogP contribution in [-0.2, 0) is 11.3 Å². The molecule has 0 bridgehead atoms. The van der Waals surface area contributed by atoms with Crippen LogP contribution in [0.25, 0.3) is 10.9 Å². The third kappa shape index (κ3) is 4.22. The maximum Gasteiger partial charge on any atom is 0.262 e. The molecule has 4 rings (SSSR count). The topological polar surface area (TPSA) is 82.5 Å². The predicted octanol–water partition coefficient (Wildman–Crippen LogP) is 2.79. The number of fused-ring (bicyclic) bond motifs is 2. The number of carbonyl (C=O) groups excluding carboxylic acids is 1. The van der Waals surface area contributed by atoms with E-state index in [-0.39, 0.29) is 30.1 Å². The maximum atomic E-state index is 13.2. The van der Waals surface area contributed by atoms with Gasteiger partial charge in [0.15, 0.2) is 16.7 Å². The smallest absolute Gasteiger partial charge is 0.262 e. The molecule has 8 heteroatoms. The van der Waals surface area contributed by atoms with Crippen LogP contribution in [0.2, 0.25) is 0 Å². The Labute approximate surface area is 172 Å². The molecule has 0 atom stereocenters. The van der Waals surface area contributed by atoms with Gasteiger partial charge >= 0.3 is 0 Å². The van der Waals surface area contributed by atoms with Crippen LogP contribution in [0, 0.1) is 0 Å². The zero-order valence-electron chi connectivity index (χ0n) is 16.2. The van der Waals surface area contributed by atoms with Gasteiger partial charge in [0.2, 0.25) is 12.7 Å². The zero-order chi connectivity index (χ0) is 20.4. The van der Waals surface area contributed by atoms with E-state index in [0.717, 1.165) is 5.56 Å². The molecule has 0 spiro atoms. The fourth-order valence-electron chi connectivity index (χ4n) is 3.11. The van der Waals surface area contributed by atoms with Crippen LogP contribution < -0.4 is 20.3 Å². The van der Waals surface area contributed by atoms with Crippen LogP contribution in [0.4, 0.5) is 0 Å². The Hall–Kier alpha value is -3.00. The summed E-state index contributed by atoms with van der Waals surface area (Å²) >= 11 is 1.25. The van der Waals surface area contributed by atoms with E-state index in [1.165, 1.54) is 11.8 Å². The van der Waals surface area contributed by atoms with Gasteiger partial charge in [-0.15, -0.1) is 0 Å². The van der Waals surface area contributed by atoms with Crippen LogP contribution >= 0.6 is 11.8 Å². The first-order valence-electron chi connectivity index (χ1n) is 9.31. The SMILES string of the molecule is CC(C)NC(=O)CSc1nc2ccccc2c(=O)n1Cc1ccc2c(c1)OCO2. The van der Waals surface area contributed by atoms with E-state index in [4.69, 9.17) is 9.47 Å². The van der Waals surface area contributed by atoms with Crippen molar-refractivity contribution in [2.24, 2.45) is 0 Å². The molecule has 0 saturated heterocycles. The largest absolute Gasteiger partial charge is 0.454 e. The molecule has 0 radical (unpaired) electrons. The summed E-state index contributed by atoms with van der Waals surface area (Å²) in [6, 6.07) is 12.9. The number of para-hydroxylation sites is 1. The van der Waals surface area contributed by atoms with Crippen molar-refractivity contribution in [1.29, 1.82) is 0 Å². The van der Waals surface area contributed by atoms with Crippen molar-refractivity contribution in [3.8, 4) is 11.5 Å². The Bertz CT molecular complexity index is 1130. The van der Waals surface area contributed by atoms with Gasteiger partial charge in [0.25, 0.3) is 5.56 Å². The molecule has 2 heterocycles. The highest BCUT2D eigenvalue weighted by Gasteiger charge is 2.17. The molecule has 29 heavy (non-hydrogen) atoms. The number of amides is 1. The predicted molar refractivity (Wildman–Crippen MR) is 112 cm³/mol. The molecule has 0 saturated carbocycles. The van der Waals surface area contributed by atoms with E-state index in [1.54, 1.807) is 16.7 Å². The lowest BCUT2D eigenvalue weighted by Crippen LogP contribution is -2.32. The Balaban J connectivity index is 1.69. The minimum atomic E-state index is -0.139. The number of thioether (sulfide) groups is 1. The van der Waals surface area contributed by atoms with Gasteiger partial charge in [0.1, 0.15) is 0 Å². The van der Waals surface area contributed by atoms with E-state index >= 15 is 0 Å². The Morgan fingerprint density at radius 1 is 1.21 bits per heavy atom. The van der Waals surface area contributed by atoms with Crippen LogP contribution in [0.1, 0.15) is 19.4 Å². The zero-order valence-corrected chi connectivity index (χ0v) is 17.0. The highest BCUT2D eigenvalue weighted by atomic mass is 32.2. The lowest BCUT2D eigenvalue weighted by atomic mass is 10.2. The molecule has 3 aromatic rings. The minimum Gasteiger partial charge on any atom is -0.454 e. The molecule has 1 aromatic heterocycles. The van der Waals surface area contributed by atoms with Crippen molar-refractivity contribution in [3.63, 3.8) is 0 Å². The van der Waals surface area contributed by atoms with Crippen LogP contribution in [-0.4, -0.2) is 34.0 Å². The standard InChI is InChI=1S/C21H21N3O4S/c1-13(2)22-19(25)11-29-21-23-16-6-4-3-5-15(16)20(26)24(21)10-14-7-8-17-18(9-14)28-12-27-17/h3-9,13H,10-12H2,1-2H3,(H,22,25). The fraction of sp³-hybridized carbons (Fsp3) is 0.286. The number of rotatable bonds is 6. The van der Waals surface area contributed by atoms with Gasteiger partial charge in [-0.1, -0.05) is 30.0 Å². The molecule has 1 aliphatic heterocycles. The first-order valence-corrected chi connectivity index (χ1v) is 10.3. The van der Waals surface area contributed by atoms with Gasteiger partial charge in [0.05, 0.1) is 23.2 Å². The summed E-state index contributed by atoms with van der Waals surface area (Å²) in [7, 11) is 0. The second kappa shape index (κ2) is 8.16. The highest BCUT2D eigenvalue weighted by molar-refractivity contribution is 7.99. The third-order valence-corrected chi connectivity index (χ3v) is 5.36. The molecule has 2 aromatic carbocycles. The first kappa shape index (κ1) is 19.3. The summed E-state index contributed by atoms with van der Waals surface area (Å²) in [5.41, 5.74) is 1.37. The quantitative estimate of drug-likeness (QED) is 0.496. The van der Waals surface area contributed by atoms with Crippen LogP contribution in [0.15, 0.2) is 52.4 Å². The van der Waals surface area contributed by atoms with Crippen molar-refractivity contribution in [2.45, 2.75) is 31.6 Å². The number of hydrogen-bond acceptors (Lipinski definition) is 6. The van der Waals surface area contributed by atoms with Gasteiger partial charge < -0.3 is 14.8 Å². The summed E-state index contributed by atoms with van der Waals surface area (Å²) in [4.78, 5) is 29.9. The fourth-order valence-corrected chi connectivity index (χ4v) is 3.92. The molecule has 1 aliphatic rings. The van der Waals surface area contributed by atoms with E-state index in [1.807, 2.05) is 44.2 Å².